The van der Waals surface area contributed by atoms with E-state index in [1.54, 1.807) is 0 Å². The van der Waals surface area contributed by atoms with Crippen LogP contribution in [0.15, 0.2) is 12.3 Å². The molecular weight excluding hydrogens is 196 g/mol. The van der Waals surface area contributed by atoms with Crippen molar-refractivity contribution in [2.45, 2.75) is 18.2 Å². The molecule has 0 saturated heterocycles. The van der Waals surface area contributed by atoms with Gasteiger partial charge >= 0.3 is 0 Å². The van der Waals surface area contributed by atoms with Crippen LogP contribution in [0.3, 0.4) is 0 Å². The van der Waals surface area contributed by atoms with E-state index < -0.39 is 0 Å². The minimum atomic E-state index is -0.206. The largest absolute Gasteiger partial charge is 0.495 e. The Bertz CT molecular complexity index is 115. The summed E-state index contributed by atoms with van der Waals surface area (Å²) in [5, 5.41) is 8.40. The van der Waals surface area contributed by atoms with Crippen molar-refractivity contribution in [1.29, 1.82) is 0 Å². The Balaban J connectivity index is 3.64. The van der Waals surface area contributed by atoms with Crippen molar-refractivity contribution in [3.8, 4) is 0 Å². The molecule has 0 spiro atoms. The van der Waals surface area contributed by atoms with Crippen LogP contribution >= 0.6 is 15.9 Å². The highest BCUT2D eigenvalue weighted by atomic mass is 79.9. The van der Waals surface area contributed by atoms with Gasteiger partial charge in [-0.05, 0) is 13.8 Å². The summed E-state index contributed by atoms with van der Waals surface area (Å²) in [4.78, 5) is 0. The van der Waals surface area contributed by atoms with Gasteiger partial charge in [0.2, 0.25) is 0 Å². The molecule has 60 valence electrons. The molecule has 0 rings (SSSR count). The number of ether oxygens (including phenoxy) is 1. The first-order valence-electron chi connectivity index (χ1n) is 3.10. The third-order valence-electron chi connectivity index (χ3n) is 1.03. The lowest BCUT2D eigenvalue weighted by Gasteiger charge is -2.19. The Morgan fingerprint density at radius 3 is 2.50 bits per heavy atom. The Morgan fingerprint density at radius 1 is 1.70 bits per heavy atom. The first-order chi connectivity index (χ1) is 4.48. The lowest BCUT2D eigenvalue weighted by atomic mass is 10.2. The predicted molar refractivity (Wildman–Crippen MR) is 45.2 cm³/mol. The van der Waals surface area contributed by atoms with Crippen LogP contribution in [0.5, 0.6) is 0 Å². The fourth-order valence-corrected chi connectivity index (χ4v) is 0.455. The molecule has 0 atom stereocenters. The maximum absolute atomic E-state index is 8.40. The number of hydrogen-bond acceptors (Lipinski definition) is 2. The van der Waals surface area contributed by atoms with Gasteiger partial charge in [0.1, 0.15) is 12.4 Å². The zero-order valence-electron chi connectivity index (χ0n) is 6.35. The summed E-state index contributed by atoms with van der Waals surface area (Å²) in [5.41, 5.74) is 0. The second kappa shape index (κ2) is 3.98. The van der Waals surface area contributed by atoms with E-state index in [-0.39, 0.29) is 10.9 Å². The number of halogens is 1. The first-order valence-corrected chi connectivity index (χ1v) is 3.89. The SMILES string of the molecule is C=C(OCCO)C(C)(C)Br. The summed E-state index contributed by atoms with van der Waals surface area (Å²) in [5.74, 6) is 0.640. The minimum absolute atomic E-state index is 0.0299. The number of alkyl halides is 1. The second-order valence-corrected chi connectivity index (χ2v) is 4.45. The third kappa shape index (κ3) is 3.90. The average molecular weight is 209 g/mol. The normalized spacial score (nSPS) is 11.2. The lowest BCUT2D eigenvalue weighted by Crippen LogP contribution is -2.16. The van der Waals surface area contributed by atoms with E-state index in [1.807, 2.05) is 13.8 Å². The molecule has 0 aliphatic heterocycles. The van der Waals surface area contributed by atoms with Crippen LogP contribution < -0.4 is 0 Å². The van der Waals surface area contributed by atoms with Gasteiger partial charge in [0.15, 0.2) is 0 Å². The molecule has 0 bridgehead atoms. The van der Waals surface area contributed by atoms with Gasteiger partial charge in [-0.25, -0.2) is 0 Å². The number of allylic oxidation sites excluding steroid dienone is 1. The number of rotatable bonds is 4. The highest BCUT2D eigenvalue weighted by Crippen LogP contribution is 2.24. The van der Waals surface area contributed by atoms with Gasteiger partial charge in [-0.1, -0.05) is 22.5 Å². The Kier molecular flexibility index (Phi) is 3.98. The Labute approximate surface area is 70.0 Å². The summed E-state index contributed by atoms with van der Waals surface area (Å²) in [6.07, 6.45) is 0. The van der Waals surface area contributed by atoms with Crippen LogP contribution in [0.2, 0.25) is 0 Å². The summed E-state index contributed by atoms with van der Waals surface area (Å²) in [7, 11) is 0. The van der Waals surface area contributed by atoms with Crippen LogP contribution in [0.4, 0.5) is 0 Å². The number of hydrogen-bond donors (Lipinski definition) is 1. The van der Waals surface area contributed by atoms with Crippen LogP contribution in [0.25, 0.3) is 0 Å². The minimum Gasteiger partial charge on any atom is -0.495 e. The molecule has 2 nitrogen and oxygen atoms in total. The van der Waals surface area contributed by atoms with Crippen molar-refractivity contribution < 1.29 is 9.84 Å². The zero-order valence-corrected chi connectivity index (χ0v) is 7.94. The standard InChI is InChI=1S/C7H13BrO2/c1-6(7(2,3)8)10-5-4-9/h9H,1,4-5H2,2-3H3. The number of aliphatic hydroxyl groups excluding tert-OH is 1. The highest BCUT2D eigenvalue weighted by molar-refractivity contribution is 9.10. The molecule has 1 N–H and O–H groups in total. The quantitative estimate of drug-likeness (QED) is 0.563. The molecule has 0 radical (unpaired) electrons. The molecule has 0 aromatic rings. The van der Waals surface area contributed by atoms with Crippen molar-refractivity contribution in [1.82, 2.24) is 0 Å². The Hall–Kier alpha value is -0.0200. The summed E-state index contributed by atoms with van der Waals surface area (Å²) in [6.45, 7) is 7.90. The van der Waals surface area contributed by atoms with E-state index in [4.69, 9.17) is 9.84 Å². The van der Waals surface area contributed by atoms with Gasteiger partial charge in [-0.2, -0.15) is 0 Å². The van der Waals surface area contributed by atoms with E-state index >= 15 is 0 Å². The molecule has 0 fully saturated rings. The predicted octanol–water partition coefficient (Wildman–Crippen LogP) is 1.68. The van der Waals surface area contributed by atoms with Crippen LogP contribution in [0, 0.1) is 0 Å². The van der Waals surface area contributed by atoms with E-state index in [1.165, 1.54) is 0 Å². The molecule has 0 aromatic heterocycles. The summed E-state index contributed by atoms with van der Waals surface area (Å²) < 4.78 is 4.86. The van der Waals surface area contributed by atoms with E-state index in [9.17, 15) is 0 Å². The highest BCUT2D eigenvalue weighted by Gasteiger charge is 2.18. The van der Waals surface area contributed by atoms with Crippen molar-refractivity contribution in [2.24, 2.45) is 0 Å². The van der Waals surface area contributed by atoms with E-state index in [2.05, 4.69) is 22.5 Å². The topological polar surface area (TPSA) is 29.5 Å². The molecule has 0 heterocycles. The second-order valence-electron chi connectivity index (χ2n) is 2.47. The van der Waals surface area contributed by atoms with Gasteiger partial charge in [0, 0.05) is 0 Å². The number of aliphatic hydroxyl groups is 1. The third-order valence-corrected chi connectivity index (χ3v) is 1.47. The van der Waals surface area contributed by atoms with Gasteiger partial charge in [0.25, 0.3) is 0 Å². The van der Waals surface area contributed by atoms with Crippen molar-refractivity contribution in [3.63, 3.8) is 0 Å². The van der Waals surface area contributed by atoms with Gasteiger partial charge in [0.05, 0.1) is 10.9 Å². The zero-order chi connectivity index (χ0) is 8.20. The Morgan fingerprint density at radius 2 is 2.20 bits per heavy atom. The van der Waals surface area contributed by atoms with E-state index in [0.29, 0.717) is 12.4 Å². The van der Waals surface area contributed by atoms with E-state index in [0.717, 1.165) is 0 Å². The van der Waals surface area contributed by atoms with Crippen molar-refractivity contribution in [3.05, 3.63) is 12.3 Å². The summed E-state index contributed by atoms with van der Waals surface area (Å²) >= 11 is 3.37. The summed E-state index contributed by atoms with van der Waals surface area (Å²) in [6, 6.07) is 0. The molecule has 0 amide bonds. The molecule has 0 aliphatic rings. The molecule has 3 heteroatoms. The smallest absolute Gasteiger partial charge is 0.111 e. The van der Waals surface area contributed by atoms with Gasteiger partial charge < -0.3 is 9.84 Å². The monoisotopic (exact) mass is 208 g/mol. The van der Waals surface area contributed by atoms with Crippen molar-refractivity contribution >= 4 is 15.9 Å². The molecule has 0 aliphatic carbocycles. The maximum Gasteiger partial charge on any atom is 0.111 e. The van der Waals surface area contributed by atoms with Crippen molar-refractivity contribution in [2.75, 3.05) is 13.2 Å². The van der Waals surface area contributed by atoms with Gasteiger partial charge in [-0.15, -0.1) is 0 Å². The van der Waals surface area contributed by atoms with Crippen LogP contribution in [-0.4, -0.2) is 22.6 Å². The molecular formula is C7H13BrO2. The fraction of sp³-hybridized carbons (Fsp3) is 0.714. The van der Waals surface area contributed by atoms with Crippen LogP contribution in [0.1, 0.15) is 13.8 Å². The molecule has 0 aromatic carbocycles. The average Bonchev–Trinajstić information content (AvgIpc) is 1.80. The maximum atomic E-state index is 8.40. The molecule has 0 unspecified atom stereocenters. The first kappa shape index (κ1) is 9.98. The molecule has 10 heavy (non-hydrogen) atoms. The fourth-order valence-electron chi connectivity index (χ4n) is 0.340. The lowest BCUT2D eigenvalue weighted by molar-refractivity contribution is 0.136. The van der Waals surface area contributed by atoms with Gasteiger partial charge in [-0.3, -0.25) is 0 Å². The molecule has 0 saturated carbocycles. The van der Waals surface area contributed by atoms with Crippen LogP contribution in [-0.2, 0) is 4.74 Å².